The van der Waals surface area contributed by atoms with Crippen molar-refractivity contribution in [2.45, 2.75) is 18.4 Å². The molecule has 0 bridgehead atoms. The minimum Gasteiger partial charge on any atom is -0.381 e. The maximum absolute atomic E-state index is 5.60. The lowest BCUT2D eigenvalue weighted by atomic mass is 9.84. The van der Waals surface area contributed by atoms with Crippen molar-refractivity contribution in [2.24, 2.45) is 5.92 Å². The highest BCUT2D eigenvalue weighted by Crippen LogP contribution is 2.35. The predicted molar refractivity (Wildman–Crippen MR) is 59.9 cm³/mol. The molecule has 2 fully saturated rings. The van der Waals surface area contributed by atoms with Gasteiger partial charge < -0.3 is 10.1 Å². The fourth-order valence-corrected chi connectivity index (χ4v) is 2.90. The molecule has 2 heteroatoms. The molecule has 2 aliphatic rings. The first-order chi connectivity index (χ1) is 7.45. The van der Waals surface area contributed by atoms with E-state index in [4.69, 9.17) is 4.74 Å². The molecule has 0 spiro atoms. The average molecular weight is 203 g/mol. The first kappa shape index (κ1) is 9.37. The van der Waals surface area contributed by atoms with Gasteiger partial charge in [-0.2, -0.15) is 0 Å². The molecule has 0 aliphatic carbocycles. The zero-order valence-electron chi connectivity index (χ0n) is 8.86. The van der Waals surface area contributed by atoms with Gasteiger partial charge in [0.2, 0.25) is 0 Å². The summed E-state index contributed by atoms with van der Waals surface area (Å²) in [5, 5.41) is 3.63. The summed E-state index contributed by atoms with van der Waals surface area (Å²) in [4.78, 5) is 0. The molecule has 0 aromatic heterocycles. The Hall–Kier alpha value is -0.860. The molecule has 80 valence electrons. The van der Waals surface area contributed by atoms with E-state index in [0.29, 0.717) is 17.9 Å². The molecular weight excluding hydrogens is 186 g/mol. The lowest BCUT2D eigenvalue weighted by Gasteiger charge is -2.28. The first-order valence-corrected chi connectivity index (χ1v) is 5.81. The molecule has 2 saturated heterocycles. The number of nitrogens with one attached hydrogen (secondary N) is 1. The van der Waals surface area contributed by atoms with Gasteiger partial charge in [0.15, 0.2) is 0 Å². The second-order valence-electron chi connectivity index (χ2n) is 4.56. The van der Waals surface area contributed by atoms with Gasteiger partial charge in [0.1, 0.15) is 0 Å². The summed E-state index contributed by atoms with van der Waals surface area (Å²) in [6, 6.07) is 11.5. The van der Waals surface area contributed by atoms with Crippen LogP contribution in [0.1, 0.15) is 17.9 Å². The van der Waals surface area contributed by atoms with Crippen LogP contribution in [0.25, 0.3) is 0 Å². The average Bonchev–Trinajstić information content (AvgIpc) is 2.74. The molecule has 0 radical (unpaired) electrons. The zero-order chi connectivity index (χ0) is 10.1. The van der Waals surface area contributed by atoms with Crippen LogP contribution in [0.5, 0.6) is 0 Å². The Bertz CT molecular complexity index is 325. The minimum absolute atomic E-state index is 0.650. The van der Waals surface area contributed by atoms with E-state index in [2.05, 4.69) is 35.6 Å². The quantitative estimate of drug-likeness (QED) is 0.751. The Morgan fingerprint density at radius 1 is 1.20 bits per heavy atom. The number of benzene rings is 1. The van der Waals surface area contributed by atoms with E-state index in [-0.39, 0.29) is 0 Å². The second kappa shape index (κ2) is 3.95. The molecule has 0 saturated carbocycles. The van der Waals surface area contributed by atoms with E-state index >= 15 is 0 Å². The molecule has 1 aromatic rings. The highest BCUT2D eigenvalue weighted by molar-refractivity contribution is 5.23. The van der Waals surface area contributed by atoms with E-state index in [1.165, 1.54) is 12.0 Å². The largest absolute Gasteiger partial charge is 0.381 e. The Morgan fingerprint density at radius 2 is 2.07 bits per heavy atom. The minimum atomic E-state index is 0.650. The van der Waals surface area contributed by atoms with Gasteiger partial charge in [-0.15, -0.1) is 0 Å². The predicted octanol–water partition coefficient (Wildman–Crippen LogP) is 1.78. The van der Waals surface area contributed by atoms with Gasteiger partial charge in [0.05, 0.1) is 6.61 Å². The highest BCUT2D eigenvalue weighted by atomic mass is 16.5. The summed E-state index contributed by atoms with van der Waals surface area (Å²) in [6.07, 6.45) is 1.17. The van der Waals surface area contributed by atoms with E-state index < -0.39 is 0 Å². The van der Waals surface area contributed by atoms with Gasteiger partial charge in [-0.3, -0.25) is 0 Å². The lowest BCUT2D eigenvalue weighted by molar-refractivity contribution is 0.0427. The first-order valence-electron chi connectivity index (χ1n) is 5.81. The van der Waals surface area contributed by atoms with Crippen LogP contribution in [0.2, 0.25) is 0 Å². The van der Waals surface area contributed by atoms with E-state index in [1.54, 1.807) is 0 Å². The zero-order valence-corrected chi connectivity index (χ0v) is 8.86. The molecule has 0 amide bonds. The van der Waals surface area contributed by atoms with Crippen molar-refractivity contribution >= 4 is 0 Å². The third kappa shape index (κ3) is 1.68. The number of hydrogen-bond acceptors (Lipinski definition) is 2. The normalized spacial score (nSPS) is 35.1. The molecule has 1 N–H and O–H groups in total. The van der Waals surface area contributed by atoms with Crippen LogP contribution in [-0.2, 0) is 4.74 Å². The number of fused-ring (bicyclic) bond motifs is 1. The Balaban J connectivity index is 1.82. The van der Waals surface area contributed by atoms with Gasteiger partial charge in [-0.05, 0) is 12.0 Å². The van der Waals surface area contributed by atoms with E-state index in [1.807, 2.05) is 0 Å². The standard InChI is InChI=1S/C13H17NO/c1-2-4-10(5-3-1)11-8-14-13-6-7-15-9-12(11)13/h1-5,11-14H,6-9H2/t11-,12-,13+/m0/s1. The summed E-state index contributed by atoms with van der Waals surface area (Å²) in [6.45, 7) is 2.97. The SMILES string of the molecule is c1ccc([C@@H]2CN[C@@H]3CCOC[C@H]32)cc1. The maximum Gasteiger partial charge on any atom is 0.0515 e. The van der Waals surface area contributed by atoms with Crippen molar-refractivity contribution in [3.63, 3.8) is 0 Å². The highest BCUT2D eigenvalue weighted by Gasteiger charge is 2.38. The van der Waals surface area contributed by atoms with Crippen LogP contribution >= 0.6 is 0 Å². The molecule has 2 nitrogen and oxygen atoms in total. The molecule has 3 atom stereocenters. The molecule has 2 aliphatic heterocycles. The van der Waals surface area contributed by atoms with E-state index in [9.17, 15) is 0 Å². The van der Waals surface area contributed by atoms with Crippen molar-refractivity contribution in [2.75, 3.05) is 19.8 Å². The summed E-state index contributed by atoms with van der Waals surface area (Å²) in [7, 11) is 0. The summed E-state index contributed by atoms with van der Waals surface area (Å²) >= 11 is 0. The number of rotatable bonds is 1. The summed E-state index contributed by atoms with van der Waals surface area (Å²) in [5.41, 5.74) is 1.46. The monoisotopic (exact) mass is 203 g/mol. The Kier molecular flexibility index (Phi) is 2.47. The molecule has 15 heavy (non-hydrogen) atoms. The fourth-order valence-electron chi connectivity index (χ4n) is 2.90. The van der Waals surface area contributed by atoms with Crippen molar-refractivity contribution < 1.29 is 4.74 Å². The topological polar surface area (TPSA) is 21.3 Å². The van der Waals surface area contributed by atoms with Gasteiger partial charge in [-0.25, -0.2) is 0 Å². The second-order valence-corrected chi connectivity index (χ2v) is 4.56. The van der Waals surface area contributed by atoms with E-state index in [0.717, 1.165) is 19.8 Å². The van der Waals surface area contributed by atoms with Gasteiger partial charge in [0, 0.05) is 31.0 Å². The van der Waals surface area contributed by atoms with Crippen LogP contribution in [0, 0.1) is 5.92 Å². The van der Waals surface area contributed by atoms with Crippen molar-refractivity contribution in [3.05, 3.63) is 35.9 Å². The molecule has 3 rings (SSSR count). The van der Waals surface area contributed by atoms with Crippen LogP contribution in [-0.4, -0.2) is 25.8 Å². The molecular formula is C13H17NO. The van der Waals surface area contributed by atoms with Crippen LogP contribution in [0.4, 0.5) is 0 Å². The molecule has 2 heterocycles. The molecule has 0 unspecified atom stereocenters. The third-order valence-electron chi connectivity index (χ3n) is 3.74. The fraction of sp³-hybridized carbons (Fsp3) is 0.538. The number of ether oxygens (including phenoxy) is 1. The Morgan fingerprint density at radius 3 is 2.93 bits per heavy atom. The van der Waals surface area contributed by atoms with Crippen LogP contribution in [0.3, 0.4) is 0 Å². The van der Waals surface area contributed by atoms with Crippen molar-refractivity contribution in [1.29, 1.82) is 0 Å². The smallest absolute Gasteiger partial charge is 0.0515 e. The summed E-state index contributed by atoms with van der Waals surface area (Å²) < 4.78 is 5.60. The third-order valence-corrected chi connectivity index (χ3v) is 3.74. The maximum atomic E-state index is 5.60. The molecule has 1 aromatic carbocycles. The number of hydrogen-bond donors (Lipinski definition) is 1. The van der Waals surface area contributed by atoms with Crippen LogP contribution < -0.4 is 5.32 Å². The van der Waals surface area contributed by atoms with Gasteiger partial charge >= 0.3 is 0 Å². The van der Waals surface area contributed by atoms with Crippen molar-refractivity contribution in [3.8, 4) is 0 Å². The van der Waals surface area contributed by atoms with Gasteiger partial charge in [0.25, 0.3) is 0 Å². The van der Waals surface area contributed by atoms with Crippen LogP contribution in [0.15, 0.2) is 30.3 Å². The Labute approximate surface area is 90.6 Å². The summed E-state index contributed by atoms with van der Waals surface area (Å²) in [5.74, 6) is 1.33. The van der Waals surface area contributed by atoms with Crippen molar-refractivity contribution in [1.82, 2.24) is 5.32 Å². The lowest BCUT2D eigenvalue weighted by Crippen LogP contribution is -2.35. The van der Waals surface area contributed by atoms with Gasteiger partial charge in [-0.1, -0.05) is 30.3 Å².